The highest BCUT2D eigenvalue weighted by atomic mass is 15.2. The Hall–Kier alpha value is -1.45. The summed E-state index contributed by atoms with van der Waals surface area (Å²) in [6.45, 7) is 0. The summed E-state index contributed by atoms with van der Waals surface area (Å²) in [5, 5.41) is 4.71. The Morgan fingerprint density at radius 1 is 1.35 bits per heavy atom. The zero-order chi connectivity index (χ0) is 11.5. The molecule has 1 saturated heterocycles. The second-order valence-electron chi connectivity index (χ2n) is 5.23. The molecule has 3 heterocycles. The van der Waals surface area contributed by atoms with E-state index in [1.54, 1.807) is 0 Å². The first-order valence-corrected chi connectivity index (χ1v) is 6.20. The molecule has 1 aromatic carbocycles. The van der Waals surface area contributed by atoms with Crippen molar-refractivity contribution in [2.75, 3.05) is 0 Å². The van der Waals surface area contributed by atoms with Crippen molar-refractivity contribution in [3.8, 4) is 0 Å². The third-order valence-corrected chi connectivity index (χ3v) is 4.07. The number of pyridine rings is 1. The fourth-order valence-electron chi connectivity index (χ4n) is 3.21. The molecule has 86 valence electrons. The van der Waals surface area contributed by atoms with Gasteiger partial charge in [0.15, 0.2) is 0 Å². The maximum Gasteiger partial charge on any atom is 0.0945 e. The number of rotatable bonds is 0. The fraction of sp³-hybridized carbons (Fsp3) is 0.357. The molecule has 2 bridgehead atoms. The summed E-state index contributed by atoms with van der Waals surface area (Å²) in [4.78, 5) is 4.78. The molecule has 0 amide bonds. The lowest BCUT2D eigenvalue weighted by molar-refractivity contribution is 0.355. The van der Waals surface area contributed by atoms with Crippen LogP contribution in [-0.2, 0) is 12.1 Å². The van der Waals surface area contributed by atoms with Gasteiger partial charge in [-0.1, -0.05) is 18.2 Å². The second kappa shape index (κ2) is 3.06. The second-order valence-corrected chi connectivity index (χ2v) is 5.23. The molecule has 1 aromatic heterocycles. The first-order chi connectivity index (χ1) is 8.24. The van der Waals surface area contributed by atoms with Gasteiger partial charge in [-0.15, -0.1) is 0 Å². The number of benzene rings is 1. The van der Waals surface area contributed by atoms with Crippen LogP contribution >= 0.6 is 0 Å². The molecule has 0 saturated carbocycles. The van der Waals surface area contributed by atoms with Gasteiger partial charge in [-0.25, -0.2) is 0 Å². The Morgan fingerprint density at radius 3 is 3.18 bits per heavy atom. The van der Waals surface area contributed by atoms with Gasteiger partial charge in [0.05, 0.1) is 11.2 Å². The van der Waals surface area contributed by atoms with Crippen molar-refractivity contribution < 1.29 is 0 Å². The van der Waals surface area contributed by atoms with Gasteiger partial charge in [0.1, 0.15) is 0 Å². The molecule has 2 aliphatic heterocycles. The maximum atomic E-state index is 6.45. The van der Waals surface area contributed by atoms with Gasteiger partial charge in [-0.3, -0.25) is 10.3 Å². The largest absolute Gasteiger partial charge is 0.309 e. The standard InChI is InChI=1S/C14H15N3/c15-14-6-5-10(17-14)8-13-11(14)7-9-3-1-2-4-12(9)16-13/h1-4,7,10,17H,5-6,8,15H2. The number of nitrogens with zero attached hydrogens (tertiary/aromatic N) is 1. The smallest absolute Gasteiger partial charge is 0.0945 e. The molecule has 0 spiro atoms. The lowest BCUT2D eigenvalue weighted by atomic mass is 9.93. The summed E-state index contributed by atoms with van der Waals surface area (Å²) in [7, 11) is 0. The van der Waals surface area contributed by atoms with Crippen LogP contribution in [0.15, 0.2) is 30.3 Å². The first kappa shape index (κ1) is 9.57. The van der Waals surface area contributed by atoms with Crippen LogP contribution in [-0.4, -0.2) is 11.0 Å². The maximum absolute atomic E-state index is 6.45. The summed E-state index contributed by atoms with van der Waals surface area (Å²) in [5.74, 6) is 0. The number of fused-ring (bicyclic) bond motifs is 5. The van der Waals surface area contributed by atoms with Crippen molar-refractivity contribution in [2.24, 2.45) is 5.73 Å². The van der Waals surface area contributed by atoms with Crippen LogP contribution in [0.25, 0.3) is 10.9 Å². The van der Waals surface area contributed by atoms with Crippen LogP contribution < -0.4 is 11.1 Å². The number of para-hydroxylation sites is 1. The molecule has 3 N–H and O–H groups in total. The van der Waals surface area contributed by atoms with Crippen molar-refractivity contribution in [3.63, 3.8) is 0 Å². The van der Waals surface area contributed by atoms with Crippen LogP contribution in [0.5, 0.6) is 0 Å². The number of aromatic nitrogens is 1. The highest BCUT2D eigenvalue weighted by Gasteiger charge is 2.42. The van der Waals surface area contributed by atoms with Crippen LogP contribution in [0.4, 0.5) is 0 Å². The third-order valence-electron chi connectivity index (χ3n) is 4.07. The van der Waals surface area contributed by atoms with Gasteiger partial charge in [-0.2, -0.15) is 0 Å². The minimum Gasteiger partial charge on any atom is -0.309 e. The minimum absolute atomic E-state index is 0.338. The zero-order valence-electron chi connectivity index (χ0n) is 9.61. The predicted octanol–water partition coefficient (Wildman–Crippen LogP) is 1.65. The van der Waals surface area contributed by atoms with Gasteiger partial charge in [0.25, 0.3) is 0 Å². The topological polar surface area (TPSA) is 50.9 Å². The van der Waals surface area contributed by atoms with E-state index >= 15 is 0 Å². The zero-order valence-corrected chi connectivity index (χ0v) is 9.61. The summed E-state index contributed by atoms with van der Waals surface area (Å²) >= 11 is 0. The highest BCUT2D eigenvalue weighted by molar-refractivity contribution is 5.80. The average Bonchev–Trinajstić information content (AvgIpc) is 2.65. The molecule has 1 fully saturated rings. The Bertz CT molecular complexity index is 607. The van der Waals surface area contributed by atoms with Crippen molar-refractivity contribution >= 4 is 10.9 Å². The lowest BCUT2D eigenvalue weighted by Crippen LogP contribution is -2.52. The van der Waals surface area contributed by atoms with Crippen LogP contribution in [0.3, 0.4) is 0 Å². The molecule has 0 aliphatic carbocycles. The molecule has 2 aliphatic rings. The van der Waals surface area contributed by atoms with Gasteiger partial charge in [0.2, 0.25) is 0 Å². The van der Waals surface area contributed by atoms with Gasteiger partial charge >= 0.3 is 0 Å². The van der Waals surface area contributed by atoms with Gasteiger partial charge in [-0.05, 0) is 25.0 Å². The Balaban J connectivity index is 2.02. The normalized spacial score (nSPS) is 30.5. The first-order valence-electron chi connectivity index (χ1n) is 6.20. The van der Waals surface area contributed by atoms with Crippen LogP contribution in [0, 0.1) is 0 Å². The van der Waals surface area contributed by atoms with E-state index in [9.17, 15) is 0 Å². The minimum atomic E-state index is -0.338. The van der Waals surface area contributed by atoms with Crippen molar-refractivity contribution in [3.05, 3.63) is 41.6 Å². The molecular weight excluding hydrogens is 210 g/mol. The summed E-state index contributed by atoms with van der Waals surface area (Å²) in [5.41, 5.74) is 9.58. The van der Waals surface area contributed by atoms with Crippen molar-refractivity contribution in [1.29, 1.82) is 0 Å². The van der Waals surface area contributed by atoms with E-state index in [0.29, 0.717) is 6.04 Å². The molecule has 2 unspecified atom stereocenters. The number of nitrogens with two attached hydrogens (primary N) is 1. The van der Waals surface area contributed by atoms with E-state index in [4.69, 9.17) is 10.7 Å². The monoisotopic (exact) mass is 225 g/mol. The molecule has 2 atom stereocenters. The van der Waals surface area contributed by atoms with E-state index in [-0.39, 0.29) is 5.66 Å². The Kier molecular flexibility index (Phi) is 1.72. The SMILES string of the molecule is NC12CCC(Cc3nc4ccccc4cc31)N2. The van der Waals surface area contributed by atoms with Crippen molar-refractivity contribution in [1.82, 2.24) is 10.3 Å². The predicted molar refractivity (Wildman–Crippen MR) is 67.5 cm³/mol. The number of hydrogen-bond acceptors (Lipinski definition) is 3. The van der Waals surface area contributed by atoms with Gasteiger partial charge in [0, 0.05) is 29.1 Å². The van der Waals surface area contributed by atoms with Crippen molar-refractivity contribution in [2.45, 2.75) is 31.0 Å². The van der Waals surface area contributed by atoms with E-state index in [2.05, 4.69) is 23.5 Å². The molecule has 0 radical (unpaired) electrons. The molecule has 4 rings (SSSR count). The number of hydrogen-bond donors (Lipinski definition) is 2. The molecule has 3 heteroatoms. The van der Waals surface area contributed by atoms with Gasteiger partial charge < -0.3 is 5.73 Å². The Morgan fingerprint density at radius 2 is 2.24 bits per heavy atom. The lowest BCUT2D eigenvalue weighted by Gasteiger charge is -2.33. The van der Waals surface area contributed by atoms with Crippen LogP contribution in [0.1, 0.15) is 24.1 Å². The molecule has 3 nitrogen and oxygen atoms in total. The molecule has 17 heavy (non-hydrogen) atoms. The van der Waals surface area contributed by atoms with E-state index < -0.39 is 0 Å². The average molecular weight is 225 g/mol. The summed E-state index contributed by atoms with van der Waals surface area (Å²) in [6.07, 6.45) is 3.19. The quantitative estimate of drug-likeness (QED) is 0.717. The van der Waals surface area contributed by atoms with E-state index in [1.165, 1.54) is 16.6 Å². The third kappa shape index (κ3) is 1.27. The summed E-state index contributed by atoms with van der Waals surface area (Å²) in [6, 6.07) is 11.0. The summed E-state index contributed by atoms with van der Waals surface area (Å²) < 4.78 is 0. The van der Waals surface area contributed by atoms with Crippen LogP contribution in [0.2, 0.25) is 0 Å². The Labute approximate surface area is 100 Å². The number of nitrogens with one attached hydrogen (secondary N) is 1. The van der Waals surface area contributed by atoms with E-state index in [0.717, 1.165) is 24.8 Å². The molecular formula is C14H15N3. The highest BCUT2D eigenvalue weighted by Crippen LogP contribution is 2.37. The fourth-order valence-corrected chi connectivity index (χ4v) is 3.21. The van der Waals surface area contributed by atoms with E-state index in [1.807, 2.05) is 12.1 Å². The molecule has 2 aromatic rings.